The molecule has 3 aromatic rings. The van der Waals surface area contributed by atoms with E-state index in [1.807, 2.05) is 24.3 Å². The number of halogens is 1. The smallest absolute Gasteiger partial charge is 0.318 e. The second kappa shape index (κ2) is 8.22. The minimum Gasteiger partial charge on any atom is -0.435 e. The minimum atomic E-state index is -1.19. The number of carbonyl (C=O) groups is 2. The second-order valence-corrected chi connectivity index (χ2v) is 9.46. The van der Waals surface area contributed by atoms with E-state index >= 15 is 0 Å². The Kier molecular flexibility index (Phi) is 5.65. The Bertz CT molecular complexity index is 1280. The van der Waals surface area contributed by atoms with Crippen molar-refractivity contribution in [2.24, 2.45) is 11.1 Å². The zero-order valence-corrected chi connectivity index (χ0v) is 19.3. The number of fused-ring (bicyclic) bond motifs is 2. The third-order valence-corrected chi connectivity index (χ3v) is 6.14. The lowest BCUT2D eigenvalue weighted by Gasteiger charge is -2.37. The summed E-state index contributed by atoms with van der Waals surface area (Å²) in [5.41, 5.74) is 6.18. The Balaban J connectivity index is 1.82. The molecule has 1 aliphatic heterocycles. The first-order valence-corrected chi connectivity index (χ1v) is 10.8. The first kappa shape index (κ1) is 23.4. The second-order valence-electron chi connectivity index (χ2n) is 9.46. The summed E-state index contributed by atoms with van der Waals surface area (Å²) in [5, 5.41) is 12.3. The van der Waals surface area contributed by atoms with Crippen LogP contribution in [0.1, 0.15) is 50.3 Å². The lowest BCUT2D eigenvalue weighted by atomic mass is 9.69. The molecule has 4 rings (SSSR count). The molecule has 0 fully saturated rings. The van der Waals surface area contributed by atoms with Gasteiger partial charge in [0.2, 0.25) is 11.8 Å². The Morgan fingerprint density at radius 1 is 1.03 bits per heavy atom. The summed E-state index contributed by atoms with van der Waals surface area (Å²) in [7, 11) is 0. The summed E-state index contributed by atoms with van der Waals surface area (Å²) in [6.07, 6.45) is 0. The molecule has 0 aliphatic carbocycles. The molecule has 0 spiro atoms. The minimum absolute atomic E-state index is 0.0121. The van der Waals surface area contributed by atoms with Gasteiger partial charge in [-0.05, 0) is 31.5 Å². The molecule has 34 heavy (non-hydrogen) atoms. The van der Waals surface area contributed by atoms with Crippen LogP contribution in [0.2, 0.25) is 0 Å². The van der Waals surface area contributed by atoms with Crippen LogP contribution in [0.25, 0.3) is 11.3 Å². The number of hydrogen-bond donors (Lipinski definition) is 3. The fourth-order valence-corrected chi connectivity index (χ4v) is 4.27. The van der Waals surface area contributed by atoms with Gasteiger partial charge in [-0.25, -0.2) is 14.2 Å². The number of nitrogens with one attached hydrogen (secondary N) is 1. The van der Waals surface area contributed by atoms with Crippen LogP contribution < -0.4 is 15.8 Å². The predicted octanol–water partition coefficient (Wildman–Crippen LogP) is 4.57. The lowest BCUT2D eigenvalue weighted by molar-refractivity contribution is -0.128. The van der Waals surface area contributed by atoms with Crippen molar-refractivity contribution in [1.29, 1.82) is 0 Å². The number of aromatic nitrogens is 1. The number of para-hydroxylation sites is 1. The third-order valence-electron chi connectivity index (χ3n) is 6.14. The number of benzene rings is 2. The van der Waals surface area contributed by atoms with Gasteiger partial charge in [0.25, 0.3) is 0 Å². The van der Waals surface area contributed by atoms with Crippen LogP contribution in [0.3, 0.4) is 0 Å². The van der Waals surface area contributed by atoms with Crippen LogP contribution in [-0.4, -0.2) is 22.0 Å². The number of rotatable bonds is 4. The normalized spacial score (nSPS) is 15.1. The molecule has 2 heterocycles. The largest absolute Gasteiger partial charge is 0.435 e. The van der Waals surface area contributed by atoms with Gasteiger partial charge in [0.05, 0.1) is 16.7 Å². The van der Waals surface area contributed by atoms with E-state index in [1.165, 1.54) is 6.07 Å². The number of carbonyl (C=O) groups excluding carboxylic acids is 2. The van der Waals surface area contributed by atoms with Gasteiger partial charge in [-0.2, -0.15) is 0 Å². The monoisotopic (exact) mass is 463 g/mol. The molecule has 1 atom stereocenters. The molecule has 0 unspecified atom stereocenters. The van der Waals surface area contributed by atoms with E-state index < -0.39 is 34.7 Å². The number of imide groups is 1. The summed E-state index contributed by atoms with van der Waals surface area (Å²) in [5.74, 6) is -1.67. The van der Waals surface area contributed by atoms with Crippen molar-refractivity contribution in [2.75, 3.05) is 0 Å². The number of hydrogen-bond acceptors (Lipinski definition) is 5. The number of amides is 3. The number of ether oxygens (including phenoxy) is 1. The van der Waals surface area contributed by atoms with E-state index in [9.17, 15) is 19.1 Å². The zero-order valence-electron chi connectivity index (χ0n) is 19.3. The van der Waals surface area contributed by atoms with Crippen molar-refractivity contribution in [3.8, 4) is 22.9 Å². The highest BCUT2D eigenvalue weighted by molar-refractivity contribution is 5.97. The number of primary amides is 1. The average molecular weight is 464 g/mol. The molecular weight excluding hydrogens is 437 g/mol. The van der Waals surface area contributed by atoms with E-state index in [1.54, 1.807) is 52.0 Å². The fourth-order valence-electron chi connectivity index (χ4n) is 4.27. The lowest BCUT2D eigenvalue weighted by Crippen LogP contribution is -2.46. The highest BCUT2D eigenvalue weighted by Gasteiger charge is 2.45. The summed E-state index contributed by atoms with van der Waals surface area (Å²) in [6, 6.07) is 14.4. The fraction of sp³-hybridized carbons (Fsp3) is 0.269. The number of nitrogens with two attached hydrogens (primary N) is 1. The first-order chi connectivity index (χ1) is 15.9. The topological polar surface area (TPSA) is 115 Å². The van der Waals surface area contributed by atoms with E-state index in [0.29, 0.717) is 16.8 Å². The summed E-state index contributed by atoms with van der Waals surface area (Å²) in [4.78, 5) is 28.9. The van der Waals surface area contributed by atoms with E-state index in [-0.39, 0.29) is 11.6 Å². The Morgan fingerprint density at radius 2 is 1.71 bits per heavy atom. The molecule has 8 heteroatoms. The van der Waals surface area contributed by atoms with E-state index in [2.05, 4.69) is 10.3 Å². The van der Waals surface area contributed by atoms with Crippen molar-refractivity contribution in [2.45, 2.75) is 39.2 Å². The molecule has 0 bridgehead atoms. The van der Waals surface area contributed by atoms with E-state index in [4.69, 9.17) is 10.5 Å². The van der Waals surface area contributed by atoms with Crippen LogP contribution in [0.4, 0.5) is 9.18 Å². The summed E-state index contributed by atoms with van der Waals surface area (Å²) < 4.78 is 20.7. The Hall–Kier alpha value is -3.78. The van der Waals surface area contributed by atoms with Crippen molar-refractivity contribution in [3.63, 3.8) is 0 Å². The highest BCUT2D eigenvalue weighted by atomic mass is 19.1. The first-order valence-electron chi connectivity index (χ1n) is 10.8. The van der Waals surface area contributed by atoms with Crippen molar-refractivity contribution in [1.82, 2.24) is 10.3 Å². The van der Waals surface area contributed by atoms with Crippen LogP contribution >= 0.6 is 0 Å². The van der Waals surface area contributed by atoms with Gasteiger partial charge in [-0.15, -0.1) is 0 Å². The Morgan fingerprint density at radius 3 is 2.32 bits per heavy atom. The van der Waals surface area contributed by atoms with Gasteiger partial charge >= 0.3 is 6.03 Å². The molecule has 2 aromatic carbocycles. The number of pyridine rings is 1. The molecule has 176 valence electrons. The van der Waals surface area contributed by atoms with E-state index in [0.717, 1.165) is 11.1 Å². The van der Waals surface area contributed by atoms with Crippen molar-refractivity contribution >= 4 is 11.9 Å². The van der Waals surface area contributed by atoms with Crippen LogP contribution in [0, 0.1) is 11.2 Å². The quantitative estimate of drug-likeness (QED) is 0.524. The van der Waals surface area contributed by atoms with Crippen LogP contribution in [0.15, 0.2) is 54.6 Å². The predicted molar refractivity (Wildman–Crippen MR) is 125 cm³/mol. The highest BCUT2D eigenvalue weighted by Crippen LogP contribution is 2.52. The van der Waals surface area contributed by atoms with Gasteiger partial charge in [0.1, 0.15) is 0 Å². The average Bonchev–Trinajstić information content (AvgIpc) is 2.76. The number of nitrogens with zero attached hydrogens (tertiary/aromatic N) is 1. The molecular formula is C26H26FN3O4. The maximum Gasteiger partial charge on any atom is 0.318 e. The van der Waals surface area contributed by atoms with Gasteiger partial charge < -0.3 is 15.6 Å². The molecule has 0 radical (unpaired) electrons. The molecule has 7 nitrogen and oxygen atoms in total. The zero-order chi connectivity index (χ0) is 24.8. The SMILES string of the molecule is CC(C)(O)c1ccc(-c2ccc3c(n2)Oc2c(F)cccc2[C@@H]3C(C)(C)C(=O)NC(N)=O)cc1. The van der Waals surface area contributed by atoms with Gasteiger partial charge in [0.15, 0.2) is 11.6 Å². The molecule has 4 N–H and O–H groups in total. The molecule has 1 aromatic heterocycles. The standard InChI is InChI=1S/C26H26FN3O4/c1-25(2,23(31)30-24(28)32)20-16-6-5-7-18(27)21(16)34-22-17(20)12-13-19(29-22)14-8-10-15(11-9-14)26(3,4)33/h5-13,20,33H,1-4H3,(H3,28,30,31,32)/t20-/m0/s1. The maximum atomic E-state index is 14.8. The van der Waals surface area contributed by atoms with Gasteiger partial charge in [-0.1, -0.05) is 56.3 Å². The third kappa shape index (κ3) is 4.12. The van der Waals surface area contributed by atoms with Crippen LogP contribution in [0.5, 0.6) is 11.6 Å². The molecule has 3 amide bonds. The molecule has 0 saturated carbocycles. The summed E-state index contributed by atoms with van der Waals surface area (Å²) in [6.45, 7) is 6.72. The van der Waals surface area contributed by atoms with Crippen molar-refractivity contribution in [3.05, 3.63) is 77.1 Å². The summed E-state index contributed by atoms with van der Waals surface area (Å²) >= 11 is 0. The number of urea groups is 1. The number of aliphatic hydroxyl groups is 1. The Labute approximate surface area is 196 Å². The van der Waals surface area contributed by atoms with Gasteiger partial charge in [-0.3, -0.25) is 10.1 Å². The molecule has 0 saturated heterocycles. The van der Waals surface area contributed by atoms with Gasteiger partial charge in [0, 0.05) is 22.6 Å². The van der Waals surface area contributed by atoms with Crippen LogP contribution in [-0.2, 0) is 10.4 Å². The van der Waals surface area contributed by atoms with Crippen molar-refractivity contribution < 1.29 is 23.8 Å². The molecule has 1 aliphatic rings. The maximum absolute atomic E-state index is 14.8.